The molecule has 0 amide bonds. The number of halogens is 1. The van der Waals surface area contributed by atoms with Crippen LogP contribution in [0.4, 0.5) is 4.39 Å². The van der Waals surface area contributed by atoms with Crippen molar-refractivity contribution in [2.24, 2.45) is 11.8 Å². The molecule has 0 fully saturated rings. The Balaban J connectivity index is 2.35. The molecule has 4 nitrogen and oxygen atoms in total. The maximum absolute atomic E-state index is 13.7. The number of hydrogen-bond donors (Lipinski definition) is 0. The minimum Gasteiger partial charge on any atom is -0.462 e. The highest BCUT2D eigenvalue weighted by Gasteiger charge is 2.20. The molecule has 0 bridgehead atoms. The molecule has 0 N–H and O–H groups in total. The van der Waals surface area contributed by atoms with Crippen LogP contribution in [-0.2, 0) is 9.47 Å². The molecule has 0 unspecified atom stereocenters. The van der Waals surface area contributed by atoms with Crippen molar-refractivity contribution >= 4 is 11.9 Å². The molecule has 33 heavy (non-hydrogen) atoms. The maximum atomic E-state index is 13.7. The fourth-order valence-corrected chi connectivity index (χ4v) is 3.72. The zero-order valence-corrected chi connectivity index (χ0v) is 21.3. The van der Waals surface area contributed by atoms with Crippen molar-refractivity contribution in [3.8, 4) is 0 Å². The van der Waals surface area contributed by atoms with Gasteiger partial charge in [0.1, 0.15) is 5.82 Å². The van der Waals surface area contributed by atoms with Crippen LogP contribution in [0.1, 0.15) is 125 Å². The second-order valence-electron chi connectivity index (χ2n) is 9.86. The average Bonchev–Trinajstić information content (AvgIpc) is 2.76. The second kappa shape index (κ2) is 17.6. The van der Waals surface area contributed by atoms with Crippen molar-refractivity contribution in [2.75, 3.05) is 13.2 Å². The number of benzene rings is 1. The number of carbonyl (C=O) groups is 2. The quantitative estimate of drug-likeness (QED) is 0.162. The molecule has 0 aliphatic heterocycles. The molecule has 0 heterocycles. The second-order valence-corrected chi connectivity index (χ2v) is 9.86. The molecule has 188 valence electrons. The van der Waals surface area contributed by atoms with Crippen molar-refractivity contribution in [1.29, 1.82) is 0 Å². The van der Waals surface area contributed by atoms with Gasteiger partial charge in [-0.25, -0.2) is 14.0 Å². The van der Waals surface area contributed by atoms with Gasteiger partial charge in [0.15, 0.2) is 0 Å². The van der Waals surface area contributed by atoms with Gasteiger partial charge in [0, 0.05) is 0 Å². The average molecular weight is 465 g/mol. The van der Waals surface area contributed by atoms with Crippen LogP contribution in [0.2, 0.25) is 0 Å². The minimum absolute atomic E-state index is 0.0621. The van der Waals surface area contributed by atoms with Gasteiger partial charge in [-0.2, -0.15) is 0 Å². The summed E-state index contributed by atoms with van der Waals surface area (Å²) in [5, 5.41) is 0. The summed E-state index contributed by atoms with van der Waals surface area (Å²) >= 11 is 0. The van der Waals surface area contributed by atoms with E-state index in [9.17, 15) is 14.0 Å². The summed E-state index contributed by atoms with van der Waals surface area (Å²) in [6.45, 7) is 9.48. The standard InChI is InChI=1S/C28H45FO4/c1-22(2)15-11-7-5-9-13-19-32-27(30)25-18-17-24(29)21-26(25)28(31)33-20-14-10-6-8-12-16-23(3)4/h17-18,21-23H,5-16,19-20H2,1-4H3. The zero-order valence-electron chi connectivity index (χ0n) is 21.3. The van der Waals surface area contributed by atoms with Crippen LogP contribution in [-0.4, -0.2) is 25.2 Å². The van der Waals surface area contributed by atoms with E-state index in [0.717, 1.165) is 56.4 Å². The number of esters is 2. The molecule has 0 atom stereocenters. The predicted octanol–water partition coefficient (Wildman–Crippen LogP) is 8.13. The number of ether oxygens (including phenoxy) is 2. The van der Waals surface area contributed by atoms with Gasteiger partial charge in [-0.05, 0) is 42.9 Å². The van der Waals surface area contributed by atoms with Crippen LogP contribution in [0.3, 0.4) is 0 Å². The zero-order chi connectivity index (χ0) is 24.5. The predicted molar refractivity (Wildman–Crippen MR) is 132 cm³/mol. The molecule has 0 aromatic heterocycles. The molecule has 1 aromatic rings. The van der Waals surface area contributed by atoms with Crippen molar-refractivity contribution < 1.29 is 23.5 Å². The summed E-state index contributed by atoms with van der Waals surface area (Å²) < 4.78 is 24.4. The number of unbranched alkanes of at least 4 members (excludes halogenated alkanes) is 8. The van der Waals surface area contributed by atoms with E-state index in [0.29, 0.717) is 6.61 Å². The van der Waals surface area contributed by atoms with Crippen molar-refractivity contribution in [3.05, 3.63) is 35.1 Å². The Bertz CT molecular complexity index is 684. The summed E-state index contributed by atoms with van der Waals surface area (Å²) in [4.78, 5) is 24.9. The molecule has 1 rings (SSSR count). The lowest BCUT2D eigenvalue weighted by molar-refractivity contribution is 0.0450. The first-order chi connectivity index (χ1) is 15.8. The third-order valence-corrected chi connectivity index (χ3v) is 5.74. The van der Waals surface area contributed by atoms with Gasteiger partial charge >= 0.3 is 11.9 Å². The van der Waals surface area contributed by atoms with Crippen LogP contribution < -0.4 is 0 Å². The van der Waals surface area contributed by atoms with Gasteiger partial charge in [0.25, 0.3) is 0 Å². The van der Waals surface area contributed by atoms with Crippen LogP contribution in [0.25, 0.3) is 0 Å². The molecule has 0 saturated heterocycles. The first kappa shape index (κ1) is 29.1. The third-order valence-electron chi connectivity index (χ3n) is 5.74. The van der Waals surface area contributed by atoms with Gasteiger partial charge in [-0.15, -0.1) is 0 Å². The van der Waals surface area contributed by atoms with E-state index < -0.39 is 17.8 Å². The first-order valence-electron chi connectivity index (χ1n) is 12.9. The Kier molecular flexibility index (Phi) is 15.5. The SMILES string of the molecule is CC(C)CCCCCCCOC(=O)c1ccc(F)cc1C(=O)OCCCCCCCC(C)C. The summed E-state index contributed by atoms with van der Waals surface area (Å²) in [5.41, 5.74) is -0.00219. The highest BCUT2D eigenvalue weighted by molar-refractivity contribution is 6.03. The van der Waals surface area contributed by atoms with Crippen molar-refractivity contribution in [3.63, 3.8) is 0 Å². The molecule has 0 aliphatic carbocycles. The smallest absolute Gasteiger partial charge is 0.339 e. The van der Waals surface area contributed by atoms with Crippen LogP contribution in [0.15, 0.2) is 18.2 Å². The van der Waals surface area contributed by atoms with Gasteiger partial charge in [-0.3, -0.25) is 0 Å². The van der Waals surface area contributed by atoms with E-state index in [1.165, 1.54) is 50.7 Å². The van der Waals surface area contributed by atoms with E-state index in [4.69, 9.17) is 9.47 Å². The highest BCUT2D eigenvalue weighted by atomic mass is 19.1. The summed E-state index contributed by atoms with van der Waals surface area (Å²) in [5.74, 6) is -0.386. The lowest BCUT2D eigenvalue weighted by atomic mass is 10.0. The van der Waals surface area contributed by atoms with Crippen molar-refractivity contribution in [1.82, 2.24) is 0 Å². The fourth-order valence-electron chi connectivity index (χ4n) is 3.72. The van der Waals surface area contributed by atoms with Crippen LogP contribution in [0, 0.1) is 17.7 Å². The number of hydrogen-bond acceptors (Lipinski definition) is 4. The van der Waals surface area contributed by atoms with Crippen LogP contribution >= 0.6 is 0 Å². The Morgan fingerprint density at radius 2 is 1.09 bits per heavy atom. The number of rotatable bonds is 18. The van der Waals surface area contributed by atoms with E-state index >= 15 is 0 Å². The highest BCUT2D eigenvalue weighted by Crippen LogP contribution is 2.16. The lowest BCUT2D eigenvalue weighted by Crippen LogP contribution is -2.15. The van der Waals surface area contributed by atoms with Gasteiger partial charge in [-0.1, -0.05) is 91.9 Å². The van der Waals surface area contributed by atoms with E-state index in [2.05, 4.69) is 27.7 Å². The Morgan fingerprint density at radius 3 is 1.58 bits per heavy atom. The normalized spacial score (nSPS) is 11.2. The van der Waals surface area contributed by atoms with Crippen molar-refractivity contribution in [2.45, 2.75) is 105 Å². The number of carbonyl (C=O) groups excluding carboxylic acids is 2. The van der Waals surface area contributed by atoms with E-state index in [1.54, 1.807) is 0 Å². The molecule has 1 aromatic carbocycles. The summed E-state index contributed by atoms with van der Waals surface area (Å²) in [6, 6.07) is 3.52. The molecule has 0 saturated carbocycles. The lowest BCUT2D eigenvalue weighted by Gasteiger charge is -2.10. The molecular weight excluding hydrogens is 419 g/mol. The summed E-state index contributed by atoms with van der Waals surface area (Å²) in [7, 11) is 0. The van der Waals surface area contributed by atoms with Gasteiger partial charge in [0.2, 0.25) is 0 Å². The monoisotopic (exact) mass is 464 g/mol. The topological polar surface area (TPSA) is 52.6 Å². The fraction of sp³-hybridized carbons (Fsp3) is 0.714. The molecule has 0 aliphatic rings. The summed E-state index contributed by atoms with van der Waals surface area (Å²) in [6.07, 6.45) is 13.1. The van der Waals surface area contributed by atoms with Gasteiger partial charge in [0.05, 0.1) is 24.3 Å². The van der Waals surface area contributed by atoms with E-state index in [-0.39, 0.29) is 17.7 Å². The molecule has 5 heteroatoms. The maximum Gasteiger partial charge on any atom is 0.339 e. The Morgan fingerprint density at radius 1 is 0.667 bits per heavy atom. The Hall–Kier alpha value is -1.91. The first-order valence-corrected chi connectivity index (χ1v) is 12.9. The minimum atomic E-state index is -0.675. The largest absolute Gasteiger partial charge is 0.462 e. The molecular formula is C28H45FO4. The third kappa shape index (κ3) is 14.1. The van der Waals surface area contributed by atoms with Crippen LogP contribution in [0.5, 0.6) is 0 Å². The molecule has 0 radical (unpaired) electrons. The molecule has 0 spiro atoms. The van der Waals surface area contributed by atoms with E-state index in [1.807, 2.05) is 0 Å². The Labute approximate surface area is 200 Å². The van der Waals surface area contributed by atoms with Gasteiger partial charge < -0.3 is 9.47 Å².